The van der Waals surface area contributed by atoms with Gasteiger partial charge in [0.1, 0.15) is 0 Å². The molecular formula is C11H9BrN2O4S. The Morgan fingerprint density at radius 3 is 2.58 bits per heavy atom. The third-order valence-corrected chi connectivity index (χ3v) is 3.55. The number of sulfonamides is 1. The van der Waals surface area contributed by atoms with Crippen molar-refractivity contribution in [2.45, 2.75) is 4.90 Å². The maximum absolute atomic E-state index is 11.8. The number of carbonyl (C=O) groups excluding carboxylic acids is 1. The number of nitrogens with two attached hydrogens (primary N) is 1. The molecule has 1 heterocycles. The number of nitrogens with one attached hydrogen (secondary N) is 1. The minimum Gasteiger partial charge on any atom is -0.444 e. The molecule has 0 fully saturated rings. The van der Waals surface area contributed by atoms with E-state index in [0.29, 0.717) is 10.4 Å². The van der Waals surface area contributed by atoms with E-state index in [4.69, 9.17) is 9.56 Å². The summed E-state index contributed by atoms with van der Waals surface area (Å²) >= 11 is 3.08. The van der Waals surface area contributed by atoms with E-state index >= 15 is 0 Å². The second-order valence-corrected chi connectivity index (χ2v) is 5.97. The number of primary sulfonamides is 1. The number of carbonyl (C=O) groups is 1. The lowest BCUT2D eigenvalue weighted by molar-refractivity contribution is 0.0995. The van der Waals surface area contributed by atoms with Crippen molar-refractivity contribution in [3.8, 4) is 0 Å². The van der Waals surface area contributed by atoms with Gasteiger partial charge in [-0.2, -0.15) is 0 Å². The summed E-state index contributed by atoms with van der Waals surface area (Å²) in [5.41, 5.74) is 0.309. The summed E-state index contributed by atoms with van der Waals surface area (Å²) in [6.07, 6.45) is 0. The topological polar surface area (TPSA) is 102 Å². The Bertz CT molecular complexity index is 724. The second kappa shape index (κ2) is 5.16. The first-order valence-electron chi connectivity index (χ1n) is 5.06. The maximum Gasteiger partial charge on any atom is 0.291 e. The highest BCUT2D eigenvalue weighted by atomic mass is 79.9. The van der Waals surface area contributed by atoms with E-state index in [9.17, 15) is 13.2 Å². The van der Waals surface area contributed by atoms with Crippen molar-refractivity contribution in [2.75, 3.05) is 5.32 Å². The van der Waals surface area contributed by atoms with Crippen LogP contribution in [0.15, 0.2) is 50.4 Å². The average molecular weight is 345 g/mol. The number of hydrogen-bond acceptors (Lipinski definition) is 4. The Labute approximate surface area is 117 Å². The number of halogens is 1. The molecule has 3 N–H and O–H groups in total. The minimum absolute atomic E-state index is 0.0778. The molecule has 1 amide bonds. The maximum atomic E-state index is 11.8. The Morgan fingerprint density at radius 2 is 2.00 bits per heavy atom. The van der Waals surface area contributed by atoms with Gasteiger partial charge in [-0.3, -0.25) is 4.79 Å². The van der Waals surface area contributed by atoms with Crippen LogP contribution in [-0.2, 0) is 10.0 Å². The molecule has 0 saturated carbocycles. The zero-order valence-electron chi connectivity index (χ0n) is 9.46. The fourth-order valence-corrected chi connectivity index (χ4v) is 2.25. The van der Waals surface area contributed by atoms with Crippen molar-refractivity contribution in [3.63, 3.8) is 0 Å². The highest BCUT2D eigenvalue weighted by Gasteiger charge is 2.12. The van der Waals surface area contributed by atoms with E-state index in [-0.39, 0.29) is 10.7 Å². The van der Waals surface area contributed by atoms with Gasteiger partial charge in [0.15, 0.2) is 10.4 Å². The van der Waals surface area contributed by atoms with Crippen molar-refractivity contribution in [1.29, 1.82) is 0 Å². The van der Waals surface area contributed by atoms with Crippen LogP contribution in [-0.4, -0.2) is 14.3 Å². The summed E-state index contributed by atoms with van der Waals surface area (Å²) < 4.78 is 27.9. The van der Waals surface area contributed by atoms with Crippen LogP contribution >= 0.6 is 15.9 Å². The first-order valence-corrected chi connectivity index (χ1v) is 7.40. The number of benzene rings is 1. The van der Waals surface area contributed by atoms with Crippen molar-refractivity contribution in [3.05, 3.63) is 46.8 Å². The third-order valence-electron chi connectivity index (χ3n) is 2.22. The molecule has 1 aromatic carbocycles. The summed E-state index contributed by atoms with van der Waals surface area (Å²) in [4.78, 5) is 11.7. The Hall–Kier alpha value is -1.64. The molecule has 0 bridgehead atoms. The van der Waals surface area contributed by atoms with Crippen LogP contribution in [0.1, 0.15) is 10.6 Å². The lowest BCUT2D eigenvalue weighted by Gasteiger charge is -2.04. The minimum atomic E-state index is -3.80. The van der Waals surface area contributed by atoms with E-state index in [2.05, 4.69) is 21.2 Å². The standard InChI is InChI=1S/C11H9BrN2O4S/c12-10-5-4-9(18-10)11(15)14-7-2-1-3-8(6-7)19(13,16)17/h1-6H,(H,14,15)(H2,13,16,17). The molecule has 8 heteroatoms. The molecule has 0 radical (unpaired) electrons. The summed E-state index contributed by atoms with van der Waals surface area (Å²) in [5.74, 6) is -0.384. The van der Waals surface area contributed by atoms with Crippen LogP contribution in [0.2, 0.25) is 0 Å². The highest BCUT2D eigenvalue weighted by molar-refractivity contribution is 9.10. The van der Waals surface area contributed by atoms with Gasteiger partial charge >= 0.3 is 0 Å². The summed E-state index contributed by atoms with van der Waals surface area (Å²) in [6.45, 7) is 0. The molecular weight excluding hydrogens is 336 g/mol. The fraction of sp³-hybridized carbons (Fsp3) is 0. The molecule has 0 saturated heterocycles. The molecule has 2 aromatic rings. The zero-order valence-corrected chi connectivity index (χ0v) is 11.9. The van der Waals surface area contributed by atoms with Gasteiger partial charge in [0.25, 0.3) is 5.91 Å². The number of amides is 1. The van der Waals surface area contributed by atoms with Crippen LogP contribution in [0, 0.1) is 0 Å². The monoisotopic (exact) mass is 344 g/mol. The van der Waals surface area contributed by atoms with Gasteiger partial charge in [0.05, 0.1) is 4.90 Å². The summed E-state index contributed by atoms with van der Waals surface area (Å²) in [6, 6.07) is 8.70. The number of hydrogen-bond donors (Lipinski definition) is 2. The van der Waals surface area contributed by atoms with Crippen LogP contribution in [0.4, 0.5) is 5.69 Å². The lowest BCUT2D eigenvalue weighted by Crippen LogP contribution is -2.14. The predicted molar refractivity (Wildman–Crippen MR) is 72.2 cm³/mol. The zero-order chi connectivity index (χ0) is 14.0. The molecule has 0 atom stereocenters. The Kier molecular flexibility index (Phi) is 3.74. The fourth-order valence-electron chi connectivity index (χ4n) is 1.38. The van der Waals surface area contributed by atoms with Crippen molar-refractivity contribution in [1.82, 2.24) is 0 Å². The predicted octanol–water partition coefficient (Wildman–Crippen LogP) is 1.94. The van der Waals surface area contributed by atoms with Crippen molar-refractivity contribution < 1.29 is 17.6 Å². The SMILES string of the molecule is NS(=O)(=O)c1cccc(NC(=O)c2ccc(Br)o2)c1. The third kappa shape index (κ3) is 3.43. The van der Waals surface area contributed by atoms with Crippen LogP contribution in [0.5, 0.6) is 0 Å². The number of anilines is 1. The normalized spacial score (nSPS) is 11.3. The van der Waals surface area contributed by atoms with E-state index in [0.717, 1.165) is 0 Å². The van der Waals surface area contributed by atoms with E-state index in [1.165, 1.54) is 24.3 Å². The smallest absolute Gasteiger partial charge is 0.291 e. The molecule has 0 unspecified atom stereocenters. The molecule has 0 aliphatic rings. The van der Waals surface area contributed by atoms with Gasteiger partial charge in [0.2, 0.25) is 10.0 Å². The van der Waals surface area contributed by atoms with Gasteiger partial charge in [-0.15, -0.1) is 0 Å². The molecule has 0 aliphatic carbocycles. The van der Waals surface area contributed by atoms with Gasteiger partial charge in [-0.05, 0) is 46.3 Å². The highest BCUT2D eigenvalue weighted by Crippen LogP contribution is 2.18. The van der Waals surface area contributed by atoms with E-state index in [1.807, 2.05) is 0 Å². The molecule has 100 valence electrons. The van der Waals surface area contributed by atoms with Gasteiger partial charge in [-0.25, -0.2) is 13.6 Å². The quantitative estimate of drug-likeness (QED) is 0.887. The first-order chi connectivity index (χ1) is 8.86. The van der Waals surface area contributed by atoms with E-state index < -0.39 is 15.9 Å². The number of furan rings is 1. The molecule has 6 nitrogen and oxygen atoms in total. The van der Waals surface area contributed by atoms with Gasteiger partial charge in [-0.1, -0.05) is 6.07 Å². The largest absolute Gasteiger partial charge is 0.444 e. The number of rotatable bonds is 3. The van der Waals surface area contributed by atoms with Crippen molar-refractivity contribution in [2.24, 2.45) is 5.14 Å². The van der Waals surface area contributed by atoms with Crippen molar-refractivity contribution >= 4 is 37.5 Å². The second-order valence-electron chi connectivity index (χ2n) is 3.63. The molecule has 2 rings (SSSR count). The van der Waals surface area contributed by atoms with Crippen LogP contribution < -0.4 is 10.5 Å². The summed E-state index contributed by atoms with van der Waals surface area (Å²) in [7, 11) is -3.80. The molecule has 19 heavy (non-hydrogen) atoms. The summed E-state index contributed by atoms with van der Waals surface area (Å²) in [5, 5.41) is 7.52. The first kappa shape index (κ1) is 13.8. The molecule has 0 spiro atoms. The Morgan fingerprint density at radius 1 is 1.26 bits per heavy atom. The Balaban J connectivity index is 2.22. The molecule has 0 aliphatic heterocycles. The van der Waals surface area contributed by atoms with Gasteiger partial charge < -0.3 is 9.73 Å². The average Bonchev–Trinajstić information content (AvgIpc) is 2.75. The lowest BCUT2D eigenvalue weighted by atomic mass is 10.3. The van der Waals surface area contributed by atoms with Gasteiger partial charge in [0, 0.05) is 5.69 Å². The molecule has 1 aromatic heterocycles. The van der Waals surface area contributed by atoms with Crippen LogP contribution in [0.25, 0.3) is 0 Å². The van der Waals surface area contributed by atoms with Crippen LogP contribution in [0.3, 0.4) is 0 Å². The van der Waals surface area contributed by atoms with E-state index in [1.54, 1.807) is 12.1 Å².